The molecule has 3 rings (SSSR count). The van der Waals surface area contributed by atoms with Gasteiger partial charge in [0.15, 0.2) is 0 Å². The SMILES string of the molecule is C=CC[C@H](/C=C\C)C(=O)N1[C@H]2C[C@@H]3CC[C@@]2(CS1(=O)=O)C3(C)C. The van der Waals surface area contributed by atoms with Crippen LogP contribution in [-0.4, -0.2) is 30.4 Å². The van der Waals surface area contributed by atoms with Gasteiger partial charge in [-0.05, 0) is 43.9 Å². The Hall–Kier alpha value is -1.10. The molecule has 2 saturated carbocycles. The highest BCUT2D eigenvalue weighted by molar-refractivity contribution is 7.90. The molecule has 0 aromatic carbocycles. The number of nitrogens with zero attached hydrogens (tertiary/aromatic N) is 1. The Kier molecular flexibility index (Phi) is 3.79. The van der Waals surface area contributed by atoms with Crippen molar-refractivity contribution in [2.45, 2.75) is 52.5 Å². The number of carbonyl (C=O) groups is 1. The third kappa shape index (κ3) is 2.08. The molecule has 2 bridgehead atoms. The molecule has 1 amide bonds. The Labute approximate surface area is 139 Å². The molecule has 4 nitrogen and oxygen atoms in total. The van der Waals surface area contributed by atoms with Gasteiger partial charge in [0.05, 0.1) is 17.7 Å². The Balaban J connectivity index is 2.00. The van der Waals surface area contributed by atoms with Crippen molar-refractivity contribution in [1.29, 1.82) is 0 Å². The standard InChI is InChI=1S/C18H27NO3S/c1-5-7-13(8-6-2)16(20)19-15-11-14-9-10-18(15,17(14,3)4)12-23(19,21)22/h5-6,8,13-15H,1,7,9-12H2,2-4H3/b8-6-/t13-,14+,15+,18+/m1/s1. The smallest absolute Gasteiger partial charge is 0.243 e. The largest absolute Gasteiger partial charge is 0.273 e. The van der Waals surface area contributed by atoms with Crippen molar-refractivity contribution in [3.8, 4) is 0 Å². The van der Waals surface area contributed by atoms with Crippen LogP contribution in [-0.2, 0) is 14.8 Å². The highest BCUT2D eigenvalue weighted by atomic mass is 32.2. The predicted molar refractivity (Wildman–Crippen MR) is 91.1 cm³/mol. The van der Waals surface area contributed by atoms with E-state index in [0.717, 1.165) is 19.3 Å². The van der Waals surface area contributed by atoms with E-state index in [1.54, 1.807) is 12.2 Å². The van der Waals surface area contributed by atoms with Crippen LogP contribution in [0.4, 0.5) is 0 Å². The molecule has 0 radical (unpaired) electrons. The van der Waals surface area contributed by atoms with Gasteiger partial charge in [0, 0.05) is 5.41 Å². The fourth-order valence-corrected chi connectivity index (χ4v) is 8.00. The lowest BCUT2D eigenvalue weighted by Gasteiger charge is -2.37. The van der Waals surface area contributed by atoms with Crippen molar-refractivity contribution in [3.05, 3.63) is 24.8 Å². The third-order valence-electron chi connectivity index (χ3n) is 6.79. The van der Waals surface area contributed by atoms with Gasteiger partial charge in [-0.15, -0.1) is 6.58 Å². The lowest BCUT2D eigenvalue weighted by Crippen LogP contribution is -2.46. The van der Waals surface area contributed by atoms with Crippen molar-refractivity contribution in [2.24, 2.45) is 22.7 Å². The molecule has 3 fully saturated rings. The molecule has 0 aromatic rings. The monoisotopic (exact) mass is 337 g/mol. The summed E-state index contributed by atoms with van der Waals surface area (Å²) in [5, 5.41) is 0. The van der Waals surface area contributed by atoms with Crippen LogP contribution >= 0.6 is 0 Å². The number of rotatable bonds is 4. The molecule has 0 unspecified atom stereocenters. The maximum absolute atomic E-state index is 13.0. The van der Waals surface area contributed by atoms with Crippen molar-refractivity contribution in [2.75, 3.05) is 5.75 Å². The first kappa shape index (κ1) is 16.7. The predicted octanol–water partition coefficient (Wildman–Crippen LogP) is 3.12. The van der Waals surface area contributed by atoms with Crippen LogP contribution in [0, 0.1) is 22.7 Å². The molecule has 1 aliphatic heterocycles. The minimum absolute atomic E-state index is 0.00566. The molecule has 2 aliphatic carbocycles. The Bertz CT molecular complexity index is 664. The van der Waals surface area contributed by atoms with Crippen LogP contribution in [0.3, 0.4) is 0 Å². The minimum atomic E-state index is -3.53. The normalized spacial score (nSPS) is 38.0. The summed E-state index contributed by atoms with van der Waals surface area (Å²) in [5.74, 6) is -0.0351. The molecule has 23 heavy (non-hydrogen) atoms. The van der Waals surface area contributed by atoms with Gasteiger partial charge in [-0.1, -0.05) is 32.1 Å². The summed E-state index contributed by atoms with van der Waals surface area (Å²) < 4.78 is 27.0. The average Bonchev–Trinajstić information content (AvgIpc) is 2.93. The van der Waals surface area contributed by atoms with Crippen LogP contribution in [0.2, 0.25) is 0 Å². The molecule has 0 N–H and O–H groups in total. The molecule has 4 atom stereocenters. The van der Waals surface area contributed by atoms with E-state index in [2.05, 4.69) is 20.4 Å². The molecular formula is C18H27NO3S. The van der Waals surface area contributed by atoms with Gasteiger partial charge in [0.25, 0.3) is 0 Å². The van der Waals surface area contributed by atoms with Gasteiger partial charge < -0.3 is 0 Å². The highest BCUT2D eigenvalue weighted by Gasteiger charge is 2.72. The van der Waals surface area contributed by atoms with Crippen LogP contribution in [0.25, 0.3) is 0 Å². The van der Waals surface area contributed by atoms with Gasteiger partial charge >= 0.3 is 0 Å². The summed E-state index contributed by atoms with van der Waals surface area (Å²) in [6.45, 7) is 9.94. The van der Waals surface area contributed by atoms with E-state index in [1.807, 2.05) is 13.0 Å². The number of carbonyl (C=O) groups excluding carboxylic acids is 1. The molecule has 1 heterocycles. The molecule has 1 saturated heterocycles. The molecule has 1 spiro atoms. The zero-order valence-corrected chi connectivity index (χ0v) is 15.1. The molecule has 0 aromatic heterocycles. The van der Waals surface area contributed by atoms with E-state index in [-0.39, 0.29) is 28.5 Å². The number of amides is 1. The average molecular weight is 337 g/mol. The maximum atomic E-state index is 13.0. The van der Waals surface area contributed by atoms with E-state index in [4.69, 9.17) is 0 Å². The summed E-state index contributed by atoms with van der Waals surface area (Å²) in [6.07, 6.45) is 8.61. The number of allylic oxidation sites excluding steroid dienone is 2. The molecule has 128 valence electrons. The second-order valence-corrected chi connectivity index (χ2v) is 9.76. The Morgan fingerprint density at radius 1 is 1.43 bits per heavy atom. The summed E-state index contributed by atoms with van der Waals surface area (Å²) >= 11 is 0. The molecule has 5 heteroatoms. The first-order chi connectivity index (χ1) is 10.7. The minimum Gasteiger partial charge on any atom is -0.273 e. The second kappa shape index (κ2) is 5.20. The van der Waals surface area contributed by atoms with E-state index in [1.165, 1.54) is 4.31 Å². The number of fused-ring (bicyclic) bond motifs is 1. The second-order valence-electron chi connectivity index (χ2n) is 7.91. The summed E-state index contributed by atoms with van der Waals surface area (Å²) in [5.41, 5.74) is -0.255. The van der Waals surface area contributed by atoms with Crippen molar-refractivity contribution in [1.82, 2.24) is 4.31 Å². The van der Waals surface area contributed by atoms with Gasteiger partial charge in [-0.25, -0.2) is 12.7 Å². The van der Waals surface area contributed by atoms with Gasteiger partial charge in [-0.3, -0.25) is 4.79 Å². The maximum Gasteiger partial charge on any atom is 0.243 e. The highest BCUT2D eigenvalue weighted by Crippen LogP contribution is 2.70. The zero-order chi connectivity index (χ0) is 17.0. The molecule has 3 aliphatic rings. The van der Waals surface area contributed by atoms with E-state index in [9.17, 15) is 13.2 Å². The number of hydrogen-bond donors (Lipinski definition) is 0. The van der Waals surface area contributed by atoms with Crippen LogP contribution < -0.4 is 0 Å². The Morgan fingerprint density at radius 2 is 2.13 bits per heavy atom. The topological polar surface area (TPSA) is 54.5 Å². The van der Waals surface area contributed by atoms with Crippen molar-refractivity contribution < 1.29 is 13.2 Å². The van der Waals surface area contributed by atoms with Crippen molar-refractivity contribution >= 4 is 15.9 Å². The van der Waals surface area contributed by atoms with Crippen LogP contribution in [0.15, 0.2) is 24.8 Å². The fourth-order valence-electron chi connectivity index (χ4n) is 5.42. The van der Waals surface area contributed by atoms with Crippen LogP contribution in [0.1, 0.15) is 46.5 Å². The summed E-state index contributed by atoms with van der Waals surface area (Å²) in [4.78, 5) is 13.0. The van der Waals surface area contributed by atoms with Crippen LogP contribution in [0.5, 0.6) is 0 Å². The lowest BCUT2D eigenvalue weighted by atomic mass is 9.69. The van der Waals surface area contributed by atoms with Gasteiger partial charge in [-0.2, -0.15) is 0 Å². The fraction of sp³-hybridized carbons (Fsp3) is 0.722. The van der Waals surface area contributed by atoms with Gasteiger partial charge in [0.2, 0.25) is 15.9 Å². The quantitative estimate of drug-likeness (QED) is 0.741. The van der Waals surface area contributed by atoms with E-state index >= 15 is 0 Å². The van der Waals surface area contributed by atoms with E-state index in [0.29, 0.717) is 12.3 Å². The Morgan fingerprint density at radius 3 is 2.70 bits per heavy atom. The zero-order valence-electron chi connectivity index (χ0n) is 14.3. The van der Waals surface area contributed by atoms with E-state index < -0.39 is 15.9 Å². The lowest BCUT2D eigenvalue weighted by molar-refractivity contribution is -0.131. The summed E-state index contributed by atoms with van der Waals surface area (Å²) in [7, 11) is -3.53. The molecular weight excluding hydrogens is 310 g/mol. The number of hydrogen-bond acceptors (Lipinski definition) is 3. The van der Waals surface area contributed by atoms with Crippen molar-refractivity contribution in [3.63, 3.8) is 0 Å². The first-order valence-electron chi connectivity index (χ1n) is 8.51. The first-order valence-corrected chi connectivity index (χ1v) is 10.1. The number of sulfonamides is 1. The van der Waals surface area contributed by atoms with Gasteiger partial charge in [0.1, 0.15) is 0 Å². The third-order valence-corrected chi connectivity index (χ3v) is 8.70. The summed E-state index contributed by atoms with van der Waals surface area (Å²) in [6, 6.07) is -0.147.